The molecule has 0 heterocycles. The summed E-state index contributed by atoms with van der Waals surface area (Å²) in [6.07, 6.45) is -2.82. The molecule has 0 aliphatic carbocycles. The average molecular weight is 560 g/mol. The number of rotatable bonds is 14. The molecule has 0 unspecified atom stereocenters. The van der Waals surface area contributed by atoms with Gasteiger partial charge in [-0.2, -0.15) is 0 Å². The largest absolute Gasteiger partial charge is 0.388 e. The third-order valence-electron chi connectivity index (χ3n) is 5.08. The molecular weight excluding hydrogens is 531 g/mol. The van der Waals surface area contributed by atoms with Crippen LogP contribution in [0.1, 0.15) is 16.7 Å². The van der Waals surface area contributed by atoms with Crippen LogP contribution < -0.4 is 0 Å². The molecule has 5 nitrogen and oxygen atoms in total. The molecule has 0 bridgehead atoms. The Bertz CT molecular complexity index is 937. The van der Waals surface area contributed by atoms with Gasteiger partial charge in [-0.1, -0.05) is 114 Å². The molecule has 3 aromatic rings. The van der Waals surface area contributed by atoms with E-state index in [1.54, 1.807) is 0 Å². The minimum Gasteiger partial charge on any atom is -0.388 e. The van der Waals surface area contributed by atoms with Crippen LogP contribution in [0.2, 0.25) is 0 Å². The Morgan fingerprint density at radius 3 is 1.67 bits per heavy atom. The number of carbonyl (C=O) groups is 1. The number of ether oxygens (including phenoxy) is 3. The molecule has 0 spiro atoms. The molecule has 0 saturated carbocycles. The molecule has 0 saturated heterocycles. The van der Waals surface area contributed by atoms with Gasteiger partial charge in [-0.25, -0.2) is 0 Å². The highest BCUT2D eigenvalue weighted by molar-refractivity contribution is 14.1. The molecule has 0 aliphatic heterocycles. The number of alkyl halides is 1. The van der Waals surface area contributed by atoms with E-state index in [4.69, 9.17) is 14.2 Å². The van der Waals surface area contributed by atoms with E-state index in [9.17, 15) is 9.90 Å². The normalized spacial score (nSPS) is 13.9. The maximum atomic E-state index is 12.8. The molecule has 0 amide bonds. The van der Waals surface area contributed by atoms with E-state index in [1.807, 2.05) is 114 Å². The van der Waals surface area contributed by atoms with Crippen molar-refractivity contribution in [3.63, 3.8) is 0 Å². The van der Waals surface area contributed by atoms with E-state index in [0.717, 1.165) is 16.7 Å². The first-order valence-electron chi connectivity index (χ1n) is 10.9. The number of aliphatic hydroxyl groups excluding tert-OH is 1. The van der Waals surface area contributed by atoms with Crippen LogP contribution >= 0.6 is 22.6 Å². The van der Waals surface area contributed by atoms with Crippen molar-refractivity contribution >= 4 is 28.4 Å². The number of ketones is 1. The van der Waals surface area contributed by atoms with Crippen molar-refractivity contribution in [2.75, 3.05) is 11.0 Å². The highest BCUT2D eigenvalue weighted by Crippen LogP contribution is 2.18. The van der Waals surface area contributed by atoms with Gasteiger partial charge >= 0.3 is 0 Å². The molecule has 6 heteroatoms. The Hall–Kier alpha value is -2.10. The Morgan fingerprint density at radius 1 is 0.727 bits per heavy atom. The van der Waals surface area contributed by atoms with Gasteiger partial charge in [0.05, 0.1) is 30.9 Å². The molecule has 174 valence electrons. The lowest BCUT2D eigenvalue weighted by molar-refractivity contribution is -0.163. The fourth-order valence-corrected chi connectivity index (χ4v) is 3.77. The van der Waals surface area contributed by atoms with Crippen molar-refractivity contribution < 1.29 is 24.1 Å². The fraction of sp³-hybridized carbons (Fsp3) is 0.296. The van der Waals surface area contributed by atoms with Gasteiger partial charge in [-0.15, -0.1) is 0 Å². The highest BCUT2D eigenvalue weighted by atomic mass is 127. The standard InChI is InChI=1S/C27H29IO5/c28-16-24(29)26(32-18-22-12-6-2-7-13-22)27(33-19-23-14-8-3-9-15-23)25(30)20-31-17-21-10-4-1-5-11-21/h1-15,25-27,30H,16-20H2/t25-,26+,27-/m1/s1. The monoisotopic (exact) mass is 560 g/mol. The second-order valence-electron chi connectivity index (χ2n) is 7.65. The number of hydrogen-bond acceptors (Lipinski definition) is 5. The van der Waals surface area contributed by atoms with Crippen LogP contribution in [0.5, 0.6) is 0 Å². The van der Waals surface area contributed by atoms with E-state index in [0.29, 0.717) is 6.61 Å². The topological polar surface area (TPSA) is 65.0 Å². The Labute approximate surface area is 208 Å². The number of carbonyl (C=O) groups excluding carboxylic acids is 1. The first kappa shape index (κ1) is 25.5. The minimum absolute atomic E-state index is 0.0219. The SMILES string of the molecule is O=C(CI)[C@H](OCc1ccccc1)[C@H](OCc1ccccc1)[C@H](O)COCc1ccccc1. The number of halogens is 1. The lowest BCUT2D eigenvalue weighted by Gasteiger charge is -2.30. The van der Waals surface area contributed by atoms with Gasteiger partial charge in [0.25, 0.3) is 0 Å². The predicted molar refractivity (Wildman–Crippen MR) is 136 cm³/mol. The molecule has 33 heavy (non-hydrogen) atoms. The summed E-state index contributed by atoms with van der Waals surface area (Å²) in [6, 6.07) is 29.0. The van der Waals surface area contributed by atoms with Crippen LogP contribution in [-0.2, 0) is 38.8 Å². The minimum atomic E-state index is -1.04. The molecule has 3 atom stereocenters. The third-order valence-corrected chi connectivity index (χ3v) is 5.84. The number of benzene rings is 3. The van der Waals surface area contributed by atoms with Crippen molar-refractivity contribution in [2.45, 2.75) is 38.1 Å². The zero-order valence-electron chi connectivity index (χ0n) is 18.4. The maximum Gasteiger partial charge on any atom is 0.174 e. The molecule has 0 aliphatic rings. The van der Waals surface area contributed by atoms with Gasteiger partial charge in [0.2, 0.25) is 0 Å². The van der Waals surface area contributed by atoms with Crippen molar-refractivity contribution in [1.82, 2.24) is 0 Å². The first-order chi connectivity index (χ1) is 16.2. The van der Waals surface area contributed by atoms with Crippen molar-refractivity contribution in [3.05, 3.63) is 108 Å². The zero-order chi connectivity index (χ0) is 23.3. The lowest BCUT2D eigenvalue weighted by atomic mass is 10.0. The zero-order valence-corrected chi connectivity index (χ0v) is 20.5. The average Bonchev–Trinajstić information content (AvgIpc) is 2.87. The predicted octanol–water partition coefficient (Wildman–Crippen LogP) is 4.74. The van der Waals surface area contributed by atoms with Gasteiger partial charge in [-0.3, -0.25) is 4.79 Å². The molecule has 0 aromatic heterocycles. The molecule has 1 N–H and O–H groups in total. The fourth-order valence-electron chi connectivity index (χ4n) is 3.34. The van der Waals surface area contributed by atoms with E-state index in [2.05, 4.69) is 0 Å². The van der Waals surface area contributed by atoms with E-state index >= 15 is 0 Å². The summed E-state index contributed by atoms with van der Waals surface area (Å²) < 4.78 is 18.1. The molecule has 0 fully saturated rings. The molecule has 3 rings (SSSR count). The maximum absolute atomic E-state index is 12.8. The van der Waals surface area contributed by atoms with Gasteiger partial charge in [0, 0.05) is 0 Å². The summed E-state index contributed by atoms with van der Waals surface area (Å²) in [7, 11) is 0. The quantitative estimate of drug-likeness (QED) is 0.228. The van der Waals surface area contributed by atoms with Crippen molar-refractivity contribution in [2.24, 2.45) is 0 Å². The summed E-state index contributed by atoms with van der Waals surface area (Å²) in [6.45, 7) is 0.880. The summed E-state index contributed by atoms with van der Waals surface area (Å²) in [5, 5.41) is 11.0. The summed E-state index contributed by atoms with van der Waals surface area (Å²) >= 11 is 2.02. The summed E-state index contributed by atoms with van der Waals surface area (Å²) in [5.74, 6) is -0.133. The van der Waals surface area contributed by atoms with Crippen LogP contribution in [-0.4, -0.2) is 40.2 Å². The van der Waals surface area contributed by atoms with Crippen LogP contribution in [0.4, 0.5) is 0 Å². The summed E-state index contributed by atoms with van der Waals surface area (Å²) in [4.78, 5) is 12.8. The first-order valence-corrected chi connectivity index (χ1v) is 12.4. The van der Waals surface area contributed by atoms with Crippen LogP contribution in [0.15, 0.2) is 91.0 Å². The van der Waals surface area contributed by atoms with Crippen LogP contribution in [0.25, 0.3) is 0 Å². The van der Waals surface area contributed by atoms with Crippen LogP contribution in [0.3, 0.4) is 0 Å². The number of Topliss-reactive ketones (excluding diaryl/α,β-unsaturated/α-hetero) is 1. The van der Waals surface area contributed by atoms with Gasteiger partial charge < -0.3 is 19.3 Å². The van der Waals surface area contributed by atoms with Gasteiger partial charge in [0.1, 0.15) is 18.3 Å². The number of aliphatic hydroxyl groups is 1. The summed E-state index contributed by atoms with van der Waals surface area (Å²) in [5.41, 5.74) is 2.90. The Morgan fingerprint density at radius 2 is 1.18 bits per heavy atom. The second kappa shape index (κ2) is 14.2. The van der Waals surface area contributed by atoms with Crippen molar-refractivity contribution in [1.29, 1.82) is 0 Å². The molecule has 3 aromatic carbocycles. The van der Waals surface area contributed by atoms with E-state index < -0.39 is 18.3 Å². The third kappa shape index (κ3) is 8.64. The van der Waals surface area contributed by atoms with Crippen LogP contribution in [0, 0.1) is 0 Å². The number of hydrogen-bond donors (Lipinski definition) is 1. The van der Waals surface area contributed by atoms with Crippen molar-refractivity contribution in [3.8, 4) is 0 Å². The smallest absolute Gasteiger partial charge is 0.174 e. The van der Waals surface area contributed by atoms with E-state index in [-0.39, 0.29) is 30.0 Å². The lowest BCUT2D eigenvalue weighted by Crippen LogP contribution is -2.48. The van der Waals surface area contributed by atoms with E-state index in [1.165, 1.54) is 0 Å². The van der Waals surface area contributed by atoms with Gasteiger partial charge in [0.15, 0.2) is 5.78 Å². The second-order valence-corrected chi connectivity index (χ2v) is 8.41. The Kier molecular flexibility index (Phi) is 11.0. The van der Waals surface area contributed by atoms with Gasteiger partial charge in [-0.05, 0) is 16.7 Å². The molecule has 0 radical (unpaired) electrons. The Balaban J connectivity index is 1.70. The highest BCUT2D eigenvalue weighted by Gasteiger charge is 2.35. The molecular formula is C27H29IO5.